The standard InChI is InChI=1S/C21H26O4/c1-12(2)7-9-15-19(23)18-17(22)11-14(5)25-21(18)16(20(15)24-6)10-8-13(3)4/h7-8,11,23H,9-10H2,1-6H3. The summed E-state index contributed by atoms with van der Waals surface area (Å²) in [5.74, 6) is 1.03. The Bertz CT molecular complexity index is 906. The van der Waals surface area contributed by atoms with Crippen LogP contribution in [0, 0.1) is 6.92 Å². The van der Waals surface area contributed by atoms with Crippen molar-refractivity contribution in [3.8, 4) is 11.5 Å². The normalized spacial score (nSPS) is 10.6. The van der Waals surface area contributed by atoms with Gasteiger partial charge in [0.25, 0.3) is 0 Å². The Morgan fingerprint density at radius 1 is 1.12 bits per heavy atom. The van der Waals surface area contributed by atoms with Gasteiger partial charge in [-0.2, -0.15) is 0 Å². The van der Waals surface area contributed by atoms with E-state index in [1.54, 1.807) is 14.0 Å². The highest BCUT2D eigenvalue weighted by Crippen LogP contribution is 2.40. The van der Waals surface area contributed by atoms with Gasteiger partial charge in [-0.15, -0.1) is 0 Å². The second-order valence-electron chi connectivity index (χ2n) is 6.74. The van der Waals surface area contributed by atoms with E-state index in [9.17, 15) is 9.90 Å². The van der Waals surface area contributed by atoms with Crippen LogP contribution in [0.1, 0.15) is 44.6 Å². The average Bonchev–Trinajstić information content (AvgIpc) is 2.51. The number of methoxy groups -OCH3 is 1. The van der Waals surface area contributed by atoms with Gasteiger partial charge in [-0.05, 0) is 47.5 Å². The Morgan fingerprint density at radius 3 is 2.20 bits per heavy atom. The highest BCUT2D eigenvalue weighted by Gasteiger charge is 2.22. The molecule has 0 amide bonds. The van der Waals surface area contributed by atoms with Crippen LogP contribution in [0.25, 0.3) is 11.0 Å². The van der Waals surface area contributed by atoms with Gasteiger partial charge >= 0.3 is 0 Å². The fourth-order valence-electron chi connectivity index (χ4n) is 2.82. The van der Waals surface area contributed by atoms with Gasteiger partial charge in [0.1, 0.15) is 28.2 Å². The van der Waals surface area contributed by atoms with E-state index in [1.165, 1.54) is 6.07 Å². The van der Waals surface area contributed by atoms with Gasteiger partial charge in [0.05, 0.1) is 7.11 Å². The maximum absolute atomic E-state index is 12.5. The SMILES string of the molecule is COc1c(CC=C(C)C)c(O)c2c(=O)cc(C)oc2c1CC=C(C)C. The molecule has 134 valence electrons. The Morgan fingerprint density at radius 2 is 1.68 bits per heavy atom. The van der Waals surface area contributed by atoms with E-state index in [1.807, 2.05) is 33.8 Å². The first kappa shape index (κ1) is 18.8. The van der Waals surface area contributed by atoms with Crippen molar-refractivity contribution in [1.82, 2.24) is 0 Å². The van der Waals surface area contributed by atoms with Crippen LogP contribution in [0.3, 0.4) is 0 Å². The molecule has 1 heterocycles. The van der Waals surface area contributed by atoms with Gasteiger partial charge in [-0.3, -0.25) is 4.79 Å². The summed E-state index contributed by atoms with van der Waals surface area (Å²) >= 11 is 0. The van der Waals surface area contributed by atoms with Gasteiger partial charge in [0, 0.05) is 17.2 Å². The predicted molar refractivity (Wildman–Crippen MR) is 102 cm³/mol. The van der Waals surface area contributed by atoms with Crippen molar-refractivity contribution < 1.29 is 14.3 Å². The largest absolute Gasteiger partial charge is 0.507 e. The molecule has 1 aromatic heterocycles. The van der Waals surface area contributed by atoms with E-state index in [-0.39, 0.29) is 16.6 Å². The smallest absolute Gasteiger partial charge is 0.196 e. The molecule has 0 atom stereocenters. The molecule has 0 aliphatic heterocycles. The van der Waals surface area contributed by atoms with E-state index < -0.39 is 0 Å². The van der Waals surface area contributed by atoms with Gasteiger partial charge in [0.2, 0.25) is 0 Å². The van der Waals surface area contributed by atoms with Crippen LogP contribution >= 0.6 is 0 Å². The van der Waals surface area contributed by atoms with Crippen molar-refractivity contribution >= 4 is 11.0 Å². The summed E-state index contributed by atoms with van der Waals surface area (Å²) in [6.45, 7) is 9.74. The average molecular weight is 342 g/mol. The fraction of sp³-hybridized carbons (Fsp3) is 0.381. The summed E-state index contributed by atoms with van der Waals surface area (Å²) in [6.07, 6.45) is 5.12. The molecule has 2 rings (SSSR count). The van der Waals surface area contributed by atoms with E-state index in [0.717, 1.165) is 16.7 Å². The quantitative estimate of drug-likeness (QED) is 0.790. The van der Waals surface area contributed by atoms with E-state index in [2.05, 4.69) is 6.08 Å². The zero-order chi connectivity index (χ0) is 18.7. The van der Waals surface area contributed by atoms with Crippen LogP contribution in [0.5, 0.6) is 11.5 Å². The molecule has 0 saturated carbocycles. The summed E-state index contributed by atoms with van der Waals surface area (Å²) in [4.78, 5) is 12.5. The van der Waals surface area contributed by atoms with Crippen molar-refractivity contribution in [2.24, 2.45) is 0 Å². The lowest BCUT2D eigenvalue weighted by molar-refractivity contribution is 0.397. The molecule has 4 nitrogen and oxygen atoms in total. The van der Waals surface area contributed by atoms with Gasteiger partial charge in [-0.1, -0.05) is 23.3 Å². The zero-order valence-electron chi connectivity index (χ0n) is 15.8. The minimum absolute atomic E-state index is 0.0564. The number of fused-ring (bicyclic) bond motifs is 1. The highest BCUT2D eigenvalue weighted by atomic mass is 16.5. The molecule has 0 fully saturated rings. The highest BCUT2D eigenvalue weighted by molar-refractivity contribution is 5.90. The summed E-state index contributed by atoms with van der Waals surface area (Å²) in [7, 11) is 1.58. The molecule has 0 unspecified atom stereocenters. The number of aromatic hydroxyl groups is 1. The van der Waals surface area contributed by atoms with Gasteiger partial charge in [0.15, 0.2) is 5.43 Å². The third-order valence-electron chi connectivity index (χ3n) is 4.05. The van der Waals surface area contributed by atoms with Crippen LogP contribution in [0.15, 0.2) is 38.6 Å². The number of hydrogen-bond donors (Lipinski definition) is 1. The summed E-state index contributed by atoms with van der Waals surface area (Å²) < 4.78 is 11.5. The molecule has 2 aromatic rings. The molecule has 0 spiro atoms. The molecule has 25 heavy (non-hydrogen) atoms. The number of benzene rings is 1. The lowest BCUT2D eigenvalue weighted by atomic mass is 9.96. The lowest BCUT2D eigenvalue weighted by Gasteiger charge is -2.17. The van der Waals surface area contributed by atoms with Crippen LogP contribution in [0.2, 0.25) is 0 Å². The zero-order valence-corrected chi connectivity index (χ0v) is 15.8. The van der Waals surface area contributed by atoms with Gasteiger partial charge in [-0.25, -0.2) is 0 Å². The van der Waals surface area contributed by atoms with Crippen LogP contribution in [0.4, 0.5) is 0 Å². The topological polar surface area (TPSA) is 59.7 Å². The number of phenols is 1. The third-order valence-corrected chi connectivity index (χ3v) is 4.05. The van der Waals surface area contributed by atoms with Crippen molar-refractivity contribution in [3.63, 3.8) is 0 Å². The van der Waals surface area contributed by atoms with Crippen LogP contribution in [-0.2, 0) is 12.8 Å². The molecule has 0 radical (unpaired) electrons. The fourth-order valence-corrected chi connectivity index (χ4v) is 2.82. The van der Waals surface area contributed by atoms with Crippen LogP contribution in [-0.4, -0.2) is 12.2 Å². The minimum Gasteiger partial charge on any atom is -0.507 e. The van der Waals surface area contributed by atoms with E-state index in [0.29, 0.717) is 35.5 Å². The third kappa shape index (κ3) is 3.95. The molecule has 1 aromatic carbocycles. The maximum Gasteiger partial charge on any atom is 0.196 e. The second-order valence-corrected chi connectivity index (χ2v) is 6.74. The van der Waals surface area contributed by atoms with Crippen molar-refractivity contribution in [1.29, 1.82) is 0 Å². The number of hydrogen-bond acceptors (Lipinski definition) is 4. The predicted octanol–water partition coefficient (Wildman–Crippen LogP) is 4.83. The first-order chi connectivity index (χ1) is 11.8. The van der Waals surface area contributed by atoms with Crippen molar-refractivity contribution in [2.75, 3.05) is 7.11 Å². The van der Waals surface area contributed by atoms with E-state index >= 15 is 0 Å². The van der Waals surface area contributed by atoms with Gasteiger partial charge < -0.3 is 14.3 Å². The summed E-state index contributed by atoms with van der Waals surface area (Å²) in [5.41, 5.74) is 3.85. The molecule has 1 N–H and O–H groups in total. The number of allylic oxidation sites excluding steroid dienone is 4. The number of rotatable bonds is 5. The van der Waals surface area contributed by atoms with E-state index in [4.69, 9.17) is 9.15 Å². The van der Waals surface area contributed by atoms with Crippen LogP contribution < -0.4 is 10.2 Å². The molecule has 0 bridgehead atoms. The first-order valence-electron chi connectivity index (χ1n) is 8.38. The lowest BCUT2D eigenvalue weighted by Crippen LogP contribution is -2.07. The second kappa shape index (κ2) is 7.60. The molecule has 0 saturated heterocycles. The number of ether oxygens (including phenoxy) is 1. The minimum atomic E-state index is -0.240. The van der Waals surface area contributed by atoms with Crippen molar-refractivity contribution in [2.45, 2.75) is 47.5 Å². The van der Waals surface area contributed by atoms with Crippen molar-refractivity contribution in [3.05, 3.63) is 56.5 Å². The molecular weight excluding hydrogens is 316 g/mol. The molecular formula is C21H26O4. The Labute approximate surface area is 148 Å². The molecule has 0 aliphatic rings. The Hall–Kier alpha value is -2.49. The maximum atomic E-state index is 12.5. The Balaban J connectivity index is 2.92. The summed E-state index contributed by atoms with van der Waals surface area (Å²) in [6, 6.07) is 1.41. The number of phenolic OH excluding ortho intramolecular Hbond substituents is 1. The molecule has 0 aliphatic carbocycles. The molecule has 4 heteroatoms. The monoisotopic (exact) mass is 342 g/mol. The number of aryl methyl sites for hydroxylation is 1. The Kier molecular flexibility index (Phi) is 5.73. The first-order valence-corrected chi connectivity index (χ1v) is 8.38. The summed E-state index contributed by atoms with van der Waals surface area (Å²) in [5, 5.41) is 11.0.